The number of fused-ring (bicyclic) bond motifs is 1. The number of likely N-dealkylation sites (N-methyl/N-ethyl adjacent to an activating group) is 1. The molecule has 2 saturated heterocycles. The fourth-order valence-corrected chi connectivity index (χ4v) is 5.35. The van der Waals surface area contributed by atoms with Crippen molar-refractivity contribution in [1.82, 2.24) is 24.5 Å². The number of anilines is 3. The Morgan fingerprint density at radius 3 is 2.83 bits per heavy atom. The average molecular weight is 487 g/mol. The smallest absolute Gasteiger partial charge is 0.294 e. The highest BCUT2D eigenvalue weighted by Crippen LogP contribution is 2.45. The maximum atomic E-state index is 12.0. The van der Waals surface area contributed by atoms with Crippen molar-refractivity contribution in [3.8, 4) is 17.0 Å². The Kier molecular flexibility index (Phi) is 5.22. The second-order valence-corrected chi connectivity index (χ2v) is 9.38. The van der Waals surface area contributed by atoms with Crippen molar-refractivity contribution in [2.75, 3.05) is 44.0 Å². The summed E-state index contributed by atoms with van der Waals surface area (Å²) < 4.78 is 7.40. The largest absolute Gasteiger partial charge is 0.494 e. The molecule has 11 nitrogen and oxygen atoms in total. The van der Waals surface area contributed by atoms with E-state index >= 15 is 0 Å². The van der Waals surface area contributed by atoms with E-state index in [0.717, 1.165) is 43.6 Å². The summed E-state index contributed by atoms with van der Waals surface area (Å²) in [7, 11) is 3.68. The van der Waals surface area contributed by atoms with Gasteiger partial charge in [-0.15, -0.1) is 0 Å². The Morgan fingerprint density at radius 2 is 2.08 bits per heavy atom. The van der Waals surface area contributed by atoms with Crippen LogP contribution in [-0.4, -0.2) is 68.7 Å². The van der Waals surface area contributed by atoms with Crippen molar-refractivity contribution < 1.29 is 9.66 Å². The van der Waals surface area contributed by atoms with Gasteiger partial charge >= 0.3 is 0 Å². The van der Waals surface area contributed by atoms with Crippen molar-refractivity contribution in [3.05, 3.63) is 65.1 Å². The molecule has 0 unspecified atom stereocenters. The molecule has 3 aromatic heterocycles. The average Bonchev–Trinajstić information content (AvgIpc) is 3.47. The van der Waals surface area contributed by atoms with E-state index in [1.807, 2.05) is 24.4 Å². The number of rotatable bonds is 6. The zero-order valence-corrected chi connectivity index (χ0v) is 20.1. The van der Waals surface area contributed by atoms with Crippen LogP contribution in [0.2, 0.25) is 0 Å². The molecule has 2 aliphatic heterocycles. The summed E-state index contributed by atoms with van der Waals surface area (Å²) in [5.41, 5.74) is 3.59. The first-order valence-corrected chi connectivity index (χ1v) is 11.8. The minimum Gasteiger partial charge on any atom is -0.494 e. The molecule has 6 rings (SSSR count). The Balaban J connectivity index is 1.31. The van der Waals surface area contributed by atoms with E-state index in [9.17, 15) is 10.1 Å². The number of nitrogens with one attached hydrogen (secondary N) is 1. The molecule has 5 heterocycles. The first-order chi connectivity index (χ1) is 17.5. The van der Waals surface area contributed by atoms with E-state index in [2.05, 4.69) is 37.2 Å². The number of ether oxygens (including phenoxy) is 1. The third-order valence-corrected chi connectivity index (χ3v) is 7.35. The highest BCUT2D eigenvalue weighted by molar-refractivity contribution is 5.80. The van der Waals surface area contributed by atoms with Gasteiger partial charge in [-0.3, -0.25) is 15.0 Å². The Morgan fingerprint density at radius 1 is 1.22 bits per heavy atom. The third kappa shape index (κ3) is 3.59. The molecule has 1 spiro atoms. The topological polar surface area (TPSA) is 114 Å². The first-order valence-electron chi connectivity index (χ1n) is 11.8. The standard InChI is InChI=1S/C25H26N8O3/c1-30-10-5-8-25(30)15-31(16-25)21-13-23(36-2)19(12-22(21)33(34)35)29-24-26-9-7-18(28-24)17-14-27-32-11-4-3-6-20(17)32/h3-4,6-7,9,11-14H,5,8,10,15-16H2,1-2H3,(H,26,28,29). The third-order valence-electron chi connectivity index (χ3n) is 7.35. The number of nitro benzene ring substituents is 1. The van der Waals surface area contributed by atoms with Crippen LogP contribution in [0.15, 0.2) is 55.0 Å². The molecule has 11 heteroatoms. The fourth-order valence-electron chi connectivity index (χ4n) is 5.35. The summed E-state index contributed by atoms with van der Waals surface area (Å²) >= 11 is 0. The molecular weight excluding hydrogens is 460 g/mol. The highest BCUT2D eigenvalue weighted by atomic mass is 16.6. The molecule has 0 bridgehead atoms. The molecule has 2 fully saturated rings. The SMILES string of the molecule is COc1cc(N2CC3(CCCN3C)C2)c([N+](=O)[O-])cc1Nc1nccc(-c2cnn3ccccc23)n1. The van der Waals surface area contributed by atoms with Gasteiger partial charge < -0.3 is 15.0 Å². The molecule has 184 valence electrons. The van der Waals surface area contributed by atoms with Crippen molar-refractivity contribution >= 4 is 28.5 Å². The number of benzene rings is 1. The Bertz CT molecular complexity index is 1460. The van der Waals surface area contributed by atoms with Gasteiger partial charge in [-0.25, -0.2) is 14.5 Å². The minimum atomic E-state index is -0.348. The quantitative estimate of drug-likeness (QED) is 0.322. The van der Waals surface area contributed by atoms with Gasteiger partial charge in [0.2, 0.25) is 5.95 Å². The monoisotopic (exact) mass is 486 g/mol. The van der Waals surface area contributed by atoms with Crippen LogP contribution in [0.5, 0.6) is 5.75 Å². The predicted octanol–water partition coefficient (Wildman–Crippen LogP) is 3.74. The minimum absolute atomic E-state index is 0.0209. The summed E-state index contributed by atoms with van der Waals surface area (Å²) in [5, 5.41) is 19.5. The van der Waals surface area contributed by atoms with E-state index in [-0.39, 0.29) is 16.1 Å². The second-order valence-electron chi connectivity index (χ2n) is 9.38. The lowest BCUT2D eigenvalue weighted by molar-refractivity contribution is -0.384. The van der Waals surface area contributed by atoms with Crippen molar-refractivity contribution in [2.45, 2.75) is 18.4 Å². The van der Waals surface area contributed by atoms with Crippen LogP contribution < -0.4 is 15.0 Å². The molecule has 1 aromatic carbocycles. The van der Waals surface area contributed by atoms with Gasteiger partial charge in [-0.2, -0.15) is 5.10 Å². The summed E-state index contributed by atoms with van der Waals surface area (Å²) in [5.74, 6) is 0.792. The molecule has 0 radical (unpaired) electrons. The number of aromatic nitrogens is 4. The lowest BCUT2D eigenvalue weighted by Crippen LogP contribution is -2.67. The molecule has 2 aliphatic rings. The van der Waals surface area contributed by atoms with Gasteiger partial charge in [-0.1, -0.05) is 6.07 Å². The zero-order chi connectivity index (χ0) is 24.9. The number of pyridine rings is 1. The predicted molar refractivity (Wildman–Crippen MR) is 136 cm³/mol. The fraction of sp³-hybridized carbons (Fsp3) is 0.320. The molecule has 0 atom stereocenters. The number of hydrogen-bond acceptors (Lipinski definition) is 9. The Hall–Kier alpha value is -4.25. The van der Waals surface area contributed by atoms with Gasteiger partial charge in [0.15, 0.2) is 0 Å². The van der Waals surface area contributed by atoms with E-state index in [4.69, 9.17) is 4.74 Å². The number of hydrogen-bond donors (Lipinski definition) is 1. The molecule has 4 aromatic rings. The zero-order valence-electron chi connectivity index (χ0n) is 20.1. The van der Waals surface area contributed by atoms with Gasteiger partial charge in [-0.05, 0) is 44.6 Å². The molecule has 0 saturated carbocycles. The number of likely N-dealkylation sites (tertiary alicyclic amines) is 1. The summed E-state index contributed by atoms with van der Waals surface area (Å²) in [6.45, 7) is 2.60. The van der Waals surface area contributed by atoms with Gasteiger partial charge in [0.25, 0.3) is 5.69 Å². The van der Waals surface area contributed by atoms with Crippen LogP contribution in [0, 0.1) is 10.1 Å². The lowest BCUT2D eigenvalue weighted by atomic mass is 9.86. The lowest BCUT2D eigenvalue weighted by Gasteiger charge is -2.52. The van der Waals surface area contributed by atoms with Gasteiger partial charge in [0.1, 0.15) is 11.4 Å². The molecule has 0 aliphatic carbocycles. The molecular formula is C25H26N8O3. The normalized spacial score (nSPS) is 16.9. The highest BCUT2D eigenvalue weighted by Gasteiger charge is 2.49. The molecule has 1 N–H and O–H groups in total. The van der Waals surface area contributed by atoms with Crippen LogP contribution in [0.3, 0.4) is 0 Å². The van der Waals surface area contributed by atoms with Crippen molar-refractivity contribution in [2.24, 2.45) is 0 Å². The Labute approximate surface area is 207 Å². The summed E-state index contributed by atoms with van der Waals surface area (Å²) in [6, 6.07) is 10.9. The first kappa shape index (κ1) is 22.2. The van der Waals surface area contributed by atoms with Gasteiger partial charge in [0, 0.05) is 43.2 Å². The number of nitrogens with zero attached hydrogens (tertiary/aromatic N) is 7. The van der Waals surface area contributed by atoms with E-state index in [0.29, 0.717) is 28.8 Å². The van der Waals surface area contributed by atoms with E-state index in [1.165, 1.54) is 6.07 Å². The van der Waals surface area contributed by atoms with Crippen LogP contribution in [-0.2, 0) is 0 Å². The molecule has 36 heavy (non-hydrogen) atoms. The summed E-state index contributed by atoms with van der Waals surface area (Å²) in [6.07, 6.45) is 7.54. The van der Waals surface area contributed by atoms with Crippen LogP contribution >= 0.6 is 0 Å². The van der Waals surface area contributed by atoms with Gasteiger partial charge in [0.05, 0.1) is 40.7 Å². The number of methoxy groups -OCH3 is 1. The maximum absolute atomic E-state index is 12.0. The van der Waals surface area contributed by atoms with Crippen LogP contribution in [0.4, 0.5) is 23.0 Å². The second kappa shape index (κ2) is 8.45. The van der Waals surface area contributed by atoms with Crippen molar-refractivity contribution in [3.63, 3.8) is 0 Å². The van der Waals surface area contributed by atoms with Crippen LogP contribution in [0.25, 0.3) is 16.8 Å². The maximum Gasteiger partial charge on any atom is 0.294 e. The van der Waals surface area contributed by atoms with E-state index in [1.54, 1.807) is 36.2 Å². The summed E-state index contributed by atoms with van der Waals surface area (Å²) in [4.78, 5) is 25.1. The van der Waals surface area contributed by atoms with Crippen LogP contribution in [0.1, 0.15) is 12.8 Å². The number of nitro groups is 1. The van der Waals surface area contributed by atoms with Crippen molar-refractivity contribution in [1.29, 1.82) is 0 Å². The van der Waals surface area contributed by atoms with E-state index < -0.39 is 0 Å². The molecule has 0 amide bonds.